The van der Waals surface area contributed by atoms with Gasteiger partial charge in [0.25, 0.3) is 0 Å². The van der Waals surface area contributed by atoms with Crippen molar-refractivity contribution in [2.24, 2.45) is 0 Å². The summed E-state index contributed by atoms with van der Waals surface area (Å²) in [4.78, 5) is 16.4. The predicted molar refractivity (Wildman–Crippen MR) is 91.4 cm³/mol. The molecule has 0 saturated heterocycles. The number of hydrogen-bond acceptors (Lipinski definition) is 4. The summed E-state index contributed by atoms with van der Waals surface area (Å²) < 4.78 is 3.65. The molecule has 0 aliphatic rings. The highest BCUT2D eigenvalue weighted by Gasteiger charge is 2.17. The van der Waals surface area contributed by atoms with E-state index in [1.807, 2.05) is 30.7 Å². The minimum Gasteiger partial charge on any atom is -0.348 e. The van der Waals surface area contributed by atoms with Crippen LogP contribution in [0.15, 0.2) is 30.7 Å². The molecule has 1 amide bonds. The number of fused-ring (bicyclic) bond motifs is 1. The van der Waals surface area contributed by atoms with Crippen molar-refractivity contribution in [3.63, 3.8) is 0 Å². The molecule has 3 aromatic heterocycles. The van der Waals surface area contributed by atoms with Crippen LogP contribution in [0, 0.1) is 6.92 Å². The normalized spacial score (nSPS) is 12.7. The number of hydrogen-bond donors (Lipinski definition) is 1. The monoisotopic (exact) mass is 326 g/mol. The lowest BCUT2D eigenvalue weighted by Gasteiger charge is -2.14. The molecule has 0 aromatic carbocycles. The van der Waals surface area contributed by atoms with Gasteiger partial charge >= 0.3 is 0 Å². The molecule has 7 heteroatoms. The molecule has 0 aliphatic carbocycles. The average Bonchev–Trinajstić information content (AvgIpc) is 3.10. The molecule has 0 bridgehead atoms. The van der Waals surface area contributed by atoms with Crippen LogP contribution in [0.4, 0.5) is 0 Å². The predicted octanol–water partition coefficient (Wildman–Crippen LogP) is 2.39. The van der Waals surface area contributed by atoms with Crippen molar-refractivity contribution >= 4 is 16.9 Å². The third-order valence-corrected chi connectivity index (χ3v) is 4.03. The largest absolute Gasteiger partial charge is 0.348 e. The van der Waals surface area contributed by atoms with E-state index in [0.29, 0.717) is 0 Å². The second-order valence-corrected chi connectivity index (χ2v) is 6.23. The van der Waals surface area contributed by atoms with E-state index in [1.165, 1.54) is 0 Å². The molecule has 3 heterocycles. The first kappa shape index (κ1) is 16.2. The highest BCUT2D eigenvalue weighted by molar-refractivity contribution is 5.81. The Balaban J connectivity index is 1.76. The van der Waals surface area contributed by atoms with Gasteiger partial charge in [-0.05, 0) is 45.4 Å². The van der Waals surface area contributed by atoms with Gasteiger partial charge in [0.1, 0.15) is 17.6 Å². The Hall–Kier alpha value is -2.70. The Labute approximate surface area is 140 Å². The Morgan fingerprint density at radius 2 is 1.96 bits per heavy atom. The molecule has 7 nitrogen and oxygen atoms in total. The third-order valence-electron chi connectivity index (χ3n) is 4.03. The topological polar surface area (TPSA) is 77.6 Å². The lowest BCUT2D eigenvalue weighted by atomic mass is 10.1. The van der Waals surface area contributed by atoms with E-state index in [0.717, 1.165) is 22.3 Å². The Bertz CT molecular complexity index is 849. The molecular formula is C17H22N6O. The SMILES string of the molecule is Cc1nn(C(C)C)c2cnn(CC(=O)N[C@@H](C)c3ccncc3)c12. The van der Waals surface area contributed by atoms with Crippen LogP contribution in [0.3, 0.4) is 0 Å². The lowest BCUT2D eigenvalue weighted by Crippen LogP contribution is -2.30. The molecule has 0 unspecified atom stereocenters. The standard InChI is InChI=1S/C17H22N6O/c1-11(2)23-15-9-19-22(17(15)13(4)21-23)10-16(24)20-12(3)14-5-7-18-8-6-14/h5-9,11-12H,10H2,1-4H3,(H,20,24)/t12-/m0/s1. The van der Waals surface area contributed by atoms with Crippen molar-refractivity contribution in [1.82, 2.24) is 29.9 Å². The maximum absolute atomic E-state index is 12.4. The first-order valence-corrected chi connectivity index (χ1v) is 8.07. The number of aryl methyl sites for hydroxylation is 1. The molecule has 0 fully saturated rings. The second-order valence-electron chi connectivity index (χ2n) is 6.23. The zero-order valence-corrected chi connectivity index (χ0v) is 14.4. The van der Waals surface area contributed by atoms with Gasteiger partial charge in [-0.15, -0.1) is 0 Å². The van der Waals surface area contributed by atoms with Crippen molar-refractivity contribution < 1.29 is 4.79 Å². The van der Waals surface area contributed by atoms with Gasteiger partial charge in [0.2, 0.25) is 5.91 Å². The highest BCUT2D eigenvalue weighted by atomic mass is 16.2. The summed E-state index contributed by atoms with van der Waals surface area (Å²) in [6, 6.07) is 3.97. The summed E-state index contributed by atoms with van der Waals surface area (Å²) in [6.07, 6.45) is 5.21. The van der Waals surface area contributed by atoms with Crippen LogP contribution in [0.25, 0.3) is 11.0 Å². The van der Waals surface area contributed by atoms with Crippen LogP contribution in [0.1, 0.15) is 44.1 Å². The van der Waals surface area contributed by atoms with E-state index in [2.05, 4.69) is 34.3 Å². The number of pyridine rings is 1. The third kappa shape index (κ3) is 3.02. The summed E-state index contributed by atoms with van der Waals surface area (Å²) in [5.74, 6) is -0.0824. The number of carbonyl (C=O) groups excluding carboxylic acids is 1. The summed E-state index contributed by atoms with van der Waals surface area (Å²) in [7, 11) is 0. The molecule has 1 atom stereocenters. The van der Waals surface area contributed by atoms with Crippen molar-refractivity contribution in [2.75, 3.05) is 0 Å². The maximum atomic E-state index is 12.4. The summed E-state index contributed by atoms with van der Waals surface area (Å²) in [5, 5.41) is 11.9. The van der Waals surface area contributed by atoms with Gasteiger partial charge in [0.05, 0.1) is 17.9 Å². The van der Waals surface area contributed by atoms with Crippen LogP contribution >= 0.6 is 0 Å². The minimum atomic E-state index is -0.0824. The molecular weight excluding hydrogens is 304 g/mol. The van der Waals surface area contributed by atoms with Crippen LogP contribution in [-0.2, 0) is 11.3 Å². The van der Waals surface area contributed by atoms with Crippen LogP contribution in [0.2, 0.25) is 0 Å². The van der Waals surface area contributed by atoms with Crippen LogP contribution in [0.5, 0.6) is 0 Å². The fourth-order valence-corrected chi connectivity index (χ4v) is 2.85. The number of rotatable bonds is 5. The molecule has 126 valence electrons. The number of nitrogens with zero attached hydrogens (tertiary/aromatic N) is 5. The average molecular weight is 326 g/mol. The quantitative estimate of drug-likeness (QED) is 0.781. The molecule has 0 aliphatic heterocycles. The van der Waals surface area contributed by atoms with E-state index in [4.69, 9.17) is 0 Å². The smallest absolute Gasteiger partial charge is 0.242 e. The van der Waals surface area contributed by atoms with Gasteiger partial charge in [-0.1, -0.05) is 0 Å². The molecule has 0 radical (unpaired) electrons. The van der Waals surface area contributed by atoms with Gasteiger partial charge in [-0.25, -0.2) is 0 Å². The van der Waals surface area contributed by atoms with Gasteiger partial charge in [0, 0.05) is 18.4 Å². The Morgan fingerprint density at radius 1 is 1.25 bits per heavy atom. The molecule has 3 rings (SSSR count). The Kier molecular flexibility index (Phi) is 4.33. The molecule has 3 aromatic rings. The minimum absolute atomic E-state index is 0.0777. The van der Waals surface area contributed by atoms with Gasteiger partial charge in [0.15, 0.2) is 0 Å². The first-order chi connectivity index (χ1) is 11.5. The number of nitrogens with one attached hydrogen (secondary N) is 1. The van der Waals surface area contributed by atoms with E-state index in [1.54, 1.807) is 23.3 Å². The van der Waals surface area contributed by atoms with E-state index < -0.39 is 0 Å². The molecule has 0 saturated carbocycles. The summed E-state index contributed by atoms with van der Waals surface area (Å²) in [6.45, 7) is 8.22. The molecule has 24 heavy (non-hydrogen) atoms. The maximum Gasteiger partial charge on any atom is 0.242 e. The second kappa shape index (κ2) is 6.43. The number of aromatic nitrogens is 5. The van der Waals surface area contributed by atoms with Crippen molar-refractivity contribution in [1.29, 1.82) is 0 Å². The van der Waals surface area contributed by atoms with Crippen molar-refractivity contribution in [2.45, 2.75) is 46.3 Å². The zero-order chi connectivity index (χ0) is 17.3. The van der Waals surface area contributed by atoms with Gasteiger partial charge in [-0.2, -0.15) is 10.2 Å². The van der Waals surface area contributed by atoms with Crippen LogP contribution in [-0.4, -0.2) is 30.5 Å². The van der Waals surface area contributed by atoms with Crippen molar-refractivity contribution in [3.05, 3.63) is 42.0 Å². The van der Waals surface area contributed by atoms with E-state index >= 15 is 0 Å². The van der Waals surface area contributed by atoms with E-state index in [-0.39, 0.29) is 24.5 Å². The first-order valence-electron chi connectivity index (χ1n) is 8.07. The van der Waals surface area contributed by atoms with Gasteiger partial charge in [-0.3, -0.25) is 19.1 Å². The molecule has 0 spiro atoms. The van der Waals surface area contributed by atoms with Crippen LogP contribution < -0.4 is 5.32 Å². The number of amides is 1. The summed E-state index contributed by atoms with van der Waals surface area (Å²) in [5.41, 5.74) is 3.77. The van der Waals surface area contributed by atoms with Crippen molar-refractivity contribution in [3.8, 4) is 0 Å². The zero-order valence-electron chi connectivity index (χ0n) is 14.4. The lowest BCUT2D eigenvalue weighted by molar-refractivity contribution is -0.122. The summed E-state index contributed by atoms with van der Waals surface area (Å²) >= 11 is 0. The Morgan fingerprint density at radius 3 is 2.62 bits per heavy atom. The van der Waals surface area contributed by atoms with Gasteiger partial charge < -0.3 is 5.32 Å². The number of carbonyl (C=O) groups is 1. The fraction of sp³-hybridized carbons (Fsp3) is 0.412. The molecule has 1 N–H and O–H groups in total. The highest BCUT2D eigenvalue weighted by Crippen LogP contribution is 2.21. The van der Waals surface area contributed by atoms with E-state index in [9.17, 15) is 4.79 Å². The fourth-order valence-electron chi connectivity index (χ4n) is 2.85.